The van der Waals surface area contributed by atoms with Gasteiger partial charge in [-0.3, -0.25) is 29.2 Å². The molecule has 0 saturated carbocycles. The summed E-state index contributed by atoms with van der Waals surface area (Å²) >= 11 is 0. The molecule has 12 nitrogen and oxygen atoms in total. The topological polar surface area (TPSA) is 144 Å². The van der Waals surface area contributed by atoms with Crippen molar-refractivity contribution in [3.05, 3.63) is 47.8 Å². The molecule has 1 fully saturated rings. The van der Waals surface area contributed by atoms with Crippen molar-refractivity contribution in [3.8, 4) is 11.4 Å². The molecule has 3 aromatic rings. The summed E-state index contributed by atoms with van der Waals surface area (Å²) in [6.45, 7) is 0.0956. The summed E-state index contributed by atoms with van der Waals surface area (Å²) < 4.78 is 3.06. The maximum atomic E-state index is 12.9. The van der Waals surface area contributed by atoms with Gasteiger partial charge in [0.2, 0.25) is 17.7 Å². The summed E-state index contributed by atoms with van der Waals surface area (Å²) in [5.41, 5.74) is 2.75. The Morgan fingerprint density at radius 2 is 2.06 bits per heavy atom. The molecule has 12 heteroatoms. The van der Waals surface area contributed by atoms with E-state index in [1.807, 2.05) is 0 Å². The SMILES string of the molecule is Cn1ccc(-c2cn(CC(=O)Nc3cccc4c3CN(C3CCC(=O)NC3=O)C4=O)nn2)n1. The van der Waals surface area contributed by atoms with Gasteiger partial charge in [0, 0.05) is 43.0 Å². The normalized spacial score (nSPS) is 17.8. The predicted octanol–water partition coefficient (Wildman–Crippen LogP) is 0.0783. The number of piperidine rings is 1. The molecule has 1 saturated heterocycles. The molecule has 0 bridgehead atoms. The number of aryl methyl sites for hydroxylation is 1. The summed E-state index contributed by atoms with van der Waals surface area (Å²) in [7, 11) is 1.80. The van der Waals surface area contributed by atoms with E-state index in [-0.39, 0.29) is 43.7 Å². The number of carbonyl (C=O) groups is 4. The zero-order valence-electron chi connectivity index (χ0n) is 17.7. The minimum Gasteiger partial charge on any atom is -0.324 e. The number of anilines is 1. The van der Waals surface area contributed by atoms with E-state index in [9.17, 15) is 19.2 Å². The lowest BCUT2D eigenvalue weighted by Crippen LogP contribution is -2.52. The third kappa shape index (κ3) is 3.86. The van der Waals surface area contributed by atoms with E-state index in [0.29, 0.717) is 28.2 Å². The maximum Gasteiger partial charge on any atom is 0.255 e. The Balaban J connectivity index is 1.29. The molecule has 0 spiro atoms. The first kappa shape index (κ1) is 20.5. The van der Waals surface area contributed by atoms with Crippen molar-refractivity contribution in [3.63, 3.8) is 0 Å². The number of carbonyl (C=O) groups excluding carboxylic acids is 4. The predicted molar refractivity (Wildman–Crippen MR) is 113 cm³/mol. The summed E-state index contributed by atoms with van der Waals surface area (Å²) in [4.78, 5) is 50.7. The molecule has 1 aromatic carbocycles. The van der Waals surface area contributed by atoms with Crippen molar-refractivity contribution in [2.75, 3.05) is 5.32 Å². The van der Waals surface area contributed by atoms with Gasteiger partial charge in [-0.05, 0) is 24.6 Å². The number of amides is 4. The minimum absolute atomic E-state index is 0.0751. The first-order valence-corrected chi connectivity index (χ1v) is 10.4. The zero-order valence-corrected chi connectivity index (χ0v) is 17.7. The molecular weight excluding hydrogens is 428 g/mol. The number of nitrogens with one attached hydrogen (secondary N) is 2. The molecule has 4 heterocycles. The van der Waals surface area contributed by atoms with E-state index >= 15 is 0 Å². The fraction of sp³-hybridized carbons (Fsp3) is 0.286. The van der Waals surface area contributed by atoms with E-state index in [1.54, 1.807) is 48.4 Å². The molecule has 5 rings (SSSR count). The Kier molecular flexibility index (Phi) is 4.96. The second kappa shape index (κ2) is 7.97. The highest BCUT2D eigenvalue weighted by Gasteiger charge is 2.39. The van der Waals surface area contributed by atoms with E-state index in [4.69, 9.17) is 0 Å². The summed E-state index contributed by atoms with van der Waals surface area (Å²) in [5, 5.41) is 17.4. The molecule has 2 aliphatic rings. The Hall–Kier alpha value is -4.35. The van der Waals surface area contributed by atoms with Crippen LogP contribution in [0, 0.1) is 0 Å². The van der Waals surface area contributed by atoms with Gasteiger partial charge in [-0.15, -0.1) is 5.10 Å². The monoisotopic (exact) mass is 448 g/mol. The number of hydrogen-bond donors (Lipinski definition) is 2. The van der Waals surface area contributed by atoms with Crippen LogP contribution in [-0.2, 0) is 34.5 Å². The van der Waals surface area contributed by atoms with Crippen LogP contribution in [0.4, 0.5) is 5.69 Å². The van der Waals surface area contributed by atoms with Crippen LogP contribution < -0.4 is 10.6 Å². The second-order valence-corrected chi connectivity index (χ2v) is 7.96. The third-order valence-corrected chi connectivity index (χ3v) is 5.68. The van der Waals surface area contributed by atoms with Gasteiger partial charge in [0.15, 0.2) is 0 Å². The van der Waals surface area contributed by atoms with Gasteiger partial charge in [-0.2, -0.15) is 5.10 Å². The average Bonchev–Trinajstić information content (AvgIpc) is 3.48. The Morgan fingerprint density at radius 3 is 2.82 bits per heavy atom. The largest absolute Gasteiger partial charge is 0.324 e. The van der Waals surface area contributed by atoms with Gasteiger partial charge >= 0.3 is 0 Å². The van der Waals surface area contributed by atoms with Crippen molar-refractivity contribution < 1.29 is 19.2 Å². The van der Waals surface area contributed by atoms with Gasteiger partial charge in [0.05, 0.1) is 6.20 Å². The minimum atomic E-state index is -0.716. The number of nitrogens with zero attached hydrogens (tertiary/aromatic N) is 6. The molecule has 2 N–H and O–H groups in total. The van der Waals surface area contributed by atoms with Gasteiger partial charge in [0.1, 0.15) is 24.0 Å². The van der Waals surface area contributed by atoms with Crippen molar-refractivity contribution >= 4 is 29.3 Å². The summed E-state index contributed by atoms with van der Waals surface area (Å²) in [5.74, 6) is -1.46. The fourth-order valence-electron chi connectivity index (χ4n) is 4.08. The van der Waals surface area contributed by atoms with E-state index in [1.165, 1.54) is 9.58 Å². The lowest BCUT2D eigenvalue weighted by atomic mass is 10.0. The third-order valence-electron chi connectivity index (χ3n) is 5.68. The number of hydrogen-bond acceptors (Lipinski definition) is 7. The van der Waals surface area contributed by atoms with Crippen molar-refractivity contribution in [2.45, 2.75) is 32.0 Å². The van der Waals surface area contributed by atoms with E-state index < -0.39 is 11.9 Å². The van der Waals surface area contributed by atoms with Crippen LogP contribution in [-0.4, -0.2) is 59.3 Å². The van der Waals surface area contributed by atoms with Crippen molar-refractivity contribution in [1.82, 2.24) is 35.0 Å². The van der Waals surface area contributed by atoms with Crippen molar-refractivity contribution in [2.24, 2.45) is 7.05 Å². The highest BCUT2D eigenvalue weighted by Crippen LogP contribution is 2.32. The molecule has 2 aromatic heterocycles. The first-order chi connectivity index (χ1) is 15.9. The second-order valence-electron chi connectivity index (χ2n) is 7.96. The lowest BCUT2D eigenvalue weighted by molar-refractivity contribution is -0.137. The number of benzene rings is 1. The molecular formula is C21H20N8O4. The molecule has 168 valence electrons. The van der Waals surface area contributed by atoms with E-state index in [2.05, 4.69) is 26.0 Å². The van der Waals surface area contributed by atoms with Crippen LogP contribution in [0.15, 0.2) is 36.7 Å². The smallest absolute Gasteiger partial charge is 0.255 e. The highest BCUT2D eigenvalue weighted by molar-refractivity contribution is 6.06. The number of rotatable bonds is 5. The molecule has 0 radical (unpaired) electrons. The highest BCUT2D eigenvalue weighted by atomic mass is 16.2. The standard InChI is InChI=1S/C21H20N8O4/c1-27-8-7-15(25-27)16-10-28(26-24-16)11-19(31)22-14-4-2-3-12-13(14)9-29(21(12)33)17-5-6-18(30)23-20(17)32/h2-4,7-8,10,17H,5-6,9,11H2,1H3,(H,22,31)(H,23,30,32). The zero-order chi connectivity index (χ0) is 23.1. The van der Waals surface area contributed by atoms with Gasteiger partial charge < -0.3 is 10.2 Å². The van der Waals surface area contributed by atoms with Crippen LogP contribution in [0.25, 0.3) is 11.4 Å². The molecule has 1 unspecified atom stereocenters. The summed E-state index contributed by atoms with van der Waals surface area (Å²) in [6.07, 6.45) is 3.87. The first-order valence-electron chi connectivity index (χ1n) is 10.4. The quantitative estimate of drug-likeness (QED) is 0.526. The molecule has 4 amide bonds. The van der Waals surface area contributed by atoms with Crippen LogP contribution >= 0.6 is 0 Å². The van der Waals surface area contributed by atoms with Crippen LogP contribution in [0.1, 0.15) is 28.8 Å². The van der Waals surface area contributed by atoms with Crippen LogP contribution in [0.3, 0.4) is 0 Å². The Morgan fingerprint density at radius 1 is 1.21 bits per heavy atom. The van der Waals surface area contributed by atoms with E-state index in [0.717, 1.165) is 0 Å². The number of imide groups is 1. The average molecular weight is 448 g/mol. The molecule has 33 heavy (non-hydrogen) atoms. The number of fused-ring (bicyclic) bond motifs is 1. The molecule has 2 aliphatic heterocycles. The van der Waals surface area contributed by atoms with Gasteiger partial charge in [0.25, 0.3) is 5.91 Å². The number of aromatic nitrogens is 5. The molecule has 1 atom stereocenters. The van der Waals surface area contributed by atoms with Crippen molar-refractivity contribution in [1.29, 1.82) is 0 Å². The summed E-state index contributed by atoms with van der Waals surface area (Å²) in [6, 6.07) is 6.13. The fourth-order valence-corrected chi connectivity index (χ4v) is 4.08. The van der Waals surface area contributed by atoms with Crippen LogP contribution in [0.2, 0.25) is 0 Å². The lowest BCUT2D eigenvalue weighted by Gasteiger charge is -2.29. The van der Waals surface area contributed by atoms with Crippen LogP contribution in [0.5, 0.6) is 0 Å². The Labute approximate surface area is 187 Å². The van der Waals surface area contributed by atoms with Gasteiger partial charge in [-0.1, -0.05) is 11.3 Å². The Bertz CT molecular complexity index is 1290. The van der Waals surface area contributed by atoms with Gasteiger partial charge in [-0.25, -0.2) is 4.68 Å². The maximum absolute atomic E-state index is 12.9. The molecule has 0 aliphatic carbocycles.